The quantitative estimate of drug-likeness (QED) is 0.842. The highest BCUT2D eigenvalue weighted by Crippen LogP contribution is 2.17. The molecule has 0 unspecified atom stereocenters. The molecule has 0 aromatic heterocycles. The fourth-order valence-corrected chi connectivity index (χ4v) is 2.08. The Morgan fingerprint density at radius 1 is 1.25 bits per heavy atom. The third-order valence-electron chi connectivity index (χ3n) is 3.17. The summed E-state index contributed by atoms with van der Waals surface area (Å²) in [6, 6.07) is 12.2. The number of anilines is 1. The van der Waals surface area contributed by atoms with Gasteiger partial charge in [0.15, 0.2) is 0 Å². The Morgan fingerprint density at radius 3 is 2.70 bits per heavy atom. The molecular weight excluding hydrogens is 252 g/mol. The monoisotopic (exact) mass is 270 g/mol. The van der Waals surface area contributed by atoms with Crippen LogP contribution < -0.4 is 5.73 Å². The van der Waals surface area contributed by atoms with Crippen LogP contribution in [0.25, 0.3) is 0 Å². The molecule has 1 amide bonds. The van der Waals surface area contributed by atoms with E-state index in [9.17, 15) is 9.90 Å². The molecule has 2 rings (SSSR count). The molecule has 0 bridgehead atoms. The first-order chi connectivity index (χ1) is 9.47. The maximum Gasteiger partial charge on any atom is 0.254 e. The average molecular weight is 270 g/mol. The number of nitrogen functional groups attached to an aromatic ring is 1. The van der Waals surface area contributed by atoms with Crippen LogP contribution in [0, 0.1) is 6.92 Å². The van der Waals surface area contributed by atoms with Gasteiger partial charge in [-0.25, -0.2) is 0 Å². The van der Waals surface area contributed by atoms with Gasteiger partial charge in [0.2, 0.25) is 0 Å². The largest absolute Gasteiger partial charge is 0.508 e. The molecule has 0 saturated heterocycles. The Kier molecular flexibility index (Phi) is 3.94. The number of benzene rings is 2. The molecule has 0 radical (unpaired) electrons. The van der Waals surface area contributed by atoms with Crippen LogP contribution in [0.1, 0.15) is 21.5 Å². The topological polar surface area (TPSA) is 66.6 Å². The van der Waals surface area contributed by atoms with Crippen molar-refractivity contribution in [1.29, 1.82) is 0 Å². The minimum atomic E-state index is -0.0851. The van der Waals surface area contributed by atoms with E-state index in [2.05, 4.69) is 0 Å². The molecule has 0 aliphatic rings. The molecule has 0 heterocycles. The van der Waals surface area contributed by atoms with Crippen molar-refractivity contribution in [3.8, 4) is 5.75 Å². The van der Waals surface area contributed by atoms with E-state index in [4.69, 9.17) is 5.73 Å². The van der Waals surface area contributed by atoms with E-state index in [1.165, 1.54) is 0 Å². The summed E-state index contributed by atoms with van der Waals surface area (Å²) in [4.78, 5) is 14.0. The Hall–Kier alpha value is -2.49. The summed E-state index contributed by atoms with van der Waals surface area (Å²) in [6.45, 7) is 2.32. The number of carbonyl (C=O) groups excluding carboxylic acids is 1. The van der Waals surface area contributed by atoms with Crippen LogP contribution in [0.2, 0.25) is 0 Å². The number of hydrogen-bond acceptors (Lipinski definition) is 3. The van der Waals surface area contributed by atoms with Crippen molar-refractivity contribution in [2.75, 3.05) is 12.8 Å². The summed E-state index contributed by atoms with van der Waals surface area (Å²) in [6.07, 6.45) is 0. The third-order valence-corrected chi connectivity index (χ3v) is 3.17. The minimum absolute atomic E-state index is 0.0851. The number of phenols is 1. The van der Waals surface area contributed by atoms with E-state index in [1.54, 1.807) is 42.3 Å². The molecule has 104 valence electrons. The van der Waals surface area contributed by atoms with Gasteiger partial charge in [0.05, 0.1) is 0 Å². The molecular formula is C16H18N2O2. The molecule has 0 aliphatic heterocycles. The zero-order chi connectivity index (χ0) is 14.7. The van der Waals surface area contributed by atoms with Gasteiger partial charge >= 0.3 is 0 Å². The van der Waals surface area contributed by atoms with Crippen LogP contribution in [-0.2, 0) is 6.54 Å². The number of carbonyl (C=O) groups is 1. The van der Waals surface area contributed by atoms with Crippen molar-refractivity contribution < 1.29 is 9.90 Å². The SMILES string of the molecule is Cc1ccc(N)cc1C(=O)N(C)Cc1cccc(O)c1. The van der Waals surface area contributed by atoms with Crippen LogP contribution in [0.4, 0.5) is 5.69 Å². The molecule has 2 aromatic rings. The molecule has 0 saturated carbocycles. The van der Waals surface area contributed by atoms with Crippen molar-refractivity contribution >= 4 is 11.6 Å². The molecule has 20 heavy (non-hydrogen) atoms. The number of nitrogens with zero attached hydrogens (tertiary/aromatic N) is 1. The Bertz CT molecular complexity index is 638. The first-order valence-electron chi connectivity index (χ1n) is 6.37. The number of nitrogens with two attached hydrogens (primary N) is 1. The number of hydrogen-bond donors (Lipinski definition) is 2. The average Bonchev–Trinajstić information content (AvgIpc) is 2.40. The summed E-state index contributed by atoms with van der Waals surface area (Å²) >= 11 is 0. The predicted octanol–water partition coefficient (Wildman–Crippen LogP) is 2.56. The normalized spacial score (nSPS) is 10.3. The van der Waals surface area contributed by atoms with Gasteiger partial charge in [0.1, 0.15) is 5.75 Å². The fourth-order valence-electron chi connectivity index (χ4n) is 2.08. The van der Waals surface area contributed by atoms with Crippen molar-refractivity contribution in [3.05, 3.63) is 59.2 Å². The first-order valence-corrected chi connectivity index (χ1v) is 6.37. The minimum Gasteiger partial charge on any atom is -0.508 e. The lowest BCUT2D eigenvalue weighted by atomic mass is 10.1. The maximum absolute atomic E-state index is 12.4. The predicted molar refractivity (Wildman–Crippen MR) is 79.5 cm³/mol. The molecule has 3 N–H and O–H groups in total. The number of aromatic hydroxyl groups is 1. The van der Waals surface area contributed by atoms with Gasteiger partial charge in [-0.1, -0.05) is 18.2 Å². The van der Waals surface area contributed by atoms with E-state index in [0.29, 0.717) is 17.8 Å². The first kappa shape index (κ1) is 13.9. The zero-order valence-electron chi connectivity index (χ0n) is 11.6. The van der Waals surface area contributed by atoms with Gasteiger partial charge < -0.3 is 15.7 Å². The van der Waals surface area contributed by atoms with Crippen molar-refractivity contribution in [2.24, 2.45) is 0 Å². The maximum atomic E-state index is 12.4. The van der Waals surface area contributed by atoms with Gasteiger partial charge in [0.25, 0.3) is 5.91 Å². The highest BCUT2D eigenvalue weighted by atomic mass is 16.3. The Morgan fingerprint density at radius 2 is 2.00 bits per heavy atom. The molecule has 4 nitrogen and oxygen atoms in total. The third kappa shape index (κ3) is 3.09. The second kappa shape index (κ2) is 5.65. The van der Waals surface area contributed by atoms with E-state index in [0.717, 1.165) is 11.1 Å². The number of phenolic OH excluding ortho intramolecular Hbond substituents is 1. The highest BCUT2D eigenvalue weighted by Gasteiger charge is 2.14. The molecule has 0 atom stereocenters. The van der Waals surface area contributed by atoms with Crippen LogP contribution in [0.15, 0.2) is 42.5 Å². The smallest absolute Gasteiger partial charge is 0.254 e. The van der Waals surface area contributed by atoms with E-state index in [-0.39, 0.29) is 11.7 Å². The zero-order valence-corrected chi connectivity index (χ0v) is 11.6. The number of rotatable bonds is 3. The van der Waals surface area contributed by atoms with Crippen LogP contribution in [0.3, 0.4) is 0 Å². The lowest BCUT2D eigenvalue weighted by molar-refractivity contribution is 0.0784. The highest BCUT2D eigenvalue weighted by molar-refractivity contribution is 5.96. The van der Waals surface area contributed by atoms with Gasteiger partial charge in [0, 0.05) is 24.8 Å². The van der Waals surface area contributed by atoms with Crippen LogP contribution in [-0.4, -0.2) is 23.0 Å². The van der Waals surface area contributed by atoms with E-state index < -0.39 is 0 Å². The second-order valence-corrected chi connectivity index (χ2v) is 4.91. The van der Waals surface area contributed by atoms with Gasteiger partial charge in [-0.15, -0.1) is 0 Å². The van der Waals surface area contributed by atoms with E-state index in [1.807, 2.05) is 19.1 Å². The van der Waals surface area contributed by atoms with E-state index >= 15 is 0 Å². The molecule has 2 aromatic carbocycles. The fraction of sp³-hybridized carbons (Fsp3) is 0.188. The van der Waals surface area contributed by atoms with Crippen LogP contribution in [0.5, 0.6) is 5.75 Å². The lowest BCUT2D eigenvalue weighted by Crippen LogP contribution is -2.26. The Labute approximate surface area is 118 Å². The Balaban J connectivity index is 2.18. The van der Waals surface area contributed by atoms with Crippen molar-refractivity contribution in [2.45, 2.75) is 13.5 Å². The van der Waals surface area contributed by atoms with Gasteiger partial charge in [-0.2, -0.15) is 0 Å². The second-order valence-electron chi connectivity index (χ2n) is 4.91. The van der Waals surface area contributed by atoms with Gasteiger partial charge in [-0.05, 0) is 42.3 Å². The summed E-state index contributed by atoms with van der Waals surface area (Å²) in [5.41, 5.74) is 8.68. The molecule has 4 heteroatoms. The van der Waals surface area contributed by atoms with Crippen molar-refractivity contribution in [1.82, 2.24) is 4.90 Å². The summed E-state index contributed by atoms with van der Waals surface area (Å²) < 4.78 is 0. The lowest BCUT2D eigenvalue weighted by Gasteiger charge is -2.19. The molecule has 0 fully saturated rings. The van der Waals surface area contributed by atoms with Gasteiger partial charge in [-0.3, -0.25) is 4.79 Å². The summed E-state index contributed by atoms with van der Waals surface area (Å²) in [5.74, 6) is 0.113. The summed E-state index contributed by atoms with van der Waals surface area (Å²) in [7, 11) is 1.73. The van der Waals surface area contributed by atoms with Crippen LogP contribution >= 0.6 is 0 Å². The summed E-state index contributed by atoms with van der Waals surface area (Å²) in [5, 5.41) is 9.44. The standard InChI is InChI=1S/C16H18N2O2/c1-11-6-7-13(17)9-15(11)16(20)18(2)10-12-4-3-5-14(19)8-12/h3-9,19H,10,17H2,1-2H3. The molecule has 0 spiro atoms. The van der Waals surface area contributed by atoms with Crippen molar-refractivity contribution in [3.63, 3.8) is 0 Å². The number of amides is 1. The molecule has 0 aliphatic carbocycles. The number of aryl methyl sites for hydroxylation is 1.